The molecule has 1 aliphatic carbocycles. The number of pyridine rings is 1. The van der Waals surface area contributed by atoms with Crippen molar-refractivity contribution in [2.45, 2.75) is 51.2 Å². The molecule has 0 unspecified atom stereocenters. The first kappa shape index (κ1) is 14.5. The van der Waals surface area contributed by atoms with Gasteiger partial charge in [0.25, 0.3) is 0 Å². The van der Waals surface area contributed by atoms with E-state index >= 15 is 0 Å². The van der Waals surface area contributed by atoms with Crippen molar-refractivity contribution in [2.24, 2.45) is 0 Å². The second-order valence-electron chi connectivity index (χ2n) is 5.86. The van der Waals surface area contributed by atoms with Crippen molar-refractivity contribution >= 4 is 5.52 Å². The van der Waals surface area contributed by atoms with Crippen molar-refractivity contribution < 1.29 is 4.74 Å². The fraction of sp³-hybridized carbons (Fsp3) is 0.588. The third-order valence-electron chi connectivity index (χ3n) is 4.23. The molecular weight excluding hydrogens is 262 g/mol. The largest absolute Gasteiger partial charge is 0.378 e. The molecule has 2 aromatic heterocycles. The van der Waals surface area contributed by atoms with Gasteiger partial charge in [0.1, 0.15) is 0 Å². The highest BCUT2D eigenvalue weighted by Crippen LogP contribution is 2.20. The molecule has 4 nitrogen and oxygen atoms in total. The highest BCUT2D eigenvalue weighted by Gasteiger charge is 2.12. The van der Waals surface area contributed by atoms with Gasteiger partial charge in [-0.3, -0.25) is 0 Å². The van der Waals surface area contributed by atoms with Crippen molar-refractivity contribution in [3.05, 3.63) is 36.2 Å². The molecule has 1 N–H and O–H groups in total. The molecule has 4 heteroatoms. The Morgan fingerprint density at radius 2 is 2.14 bits per heavy atom. The van der Waals surface area contributed by atoms with Gasteiger partial charge in [-0.2, -0.15) is 5.10 Å². The fourth-order valence-corrected chi connectivity index (χ4v) is 3.03. The van der Waals surface area contributed by atoms with Gasteiger partial charge in [0.05, 0.1) is 17.8 Å². The van der Waals surface area contributed by atoms with Crippen molar-refractivity contribution in [3.8, 4) is 0 Å². The smallest absolute Gasteiger partial charge is 0.0706 e. The Bertz CT molecular complexity index is 546. The van der Waals surface area contributed by atoms with E-state index in [0.717, 1.165) is 26.1 Å². The van der Waals surface area contributed by atoms with Crippen LogP contribution in [0.2, 0.25) is 0 Å². The molecule has 0 aliphatic heterocycles. The van der Waals surface area contributed by atoms with E-state index in [2.05, 4.69) is 22.5 Å². The van der Waals surface area contributed by atoms with Crippen molar-refractivity contribution in [1.29, 1.82) is 0 Å². The van der Waals surface area contributed by atoms with Gasteiger partial charge in [0, 0.05) is 24.9 Å². The number of hydrogen-bond acceptors (Lipinski definition) is 3. The summed E-state index contributed by atoms with van der Waals surface area (Å²) in [6.45, 7) is 2.75. The number of nitrogens with zero attached hydrogens (tertiary/aromatic N) is 2. The number of aromatic nitrogens is 2. The zero-order valence-electron chi connectivity index (χ0n) is 12.6. The van der Waals surface area contributed by atoms with Crippen LogP contribution < -0.4 is 5.32 Å². The van der Waals surface area contributed by atoms with Gasteiger partial charge >= 0.3 is 0 Å². The zero-order chi connectivity index (χ0) is 14.3. The molecule has 0 aromatic carbocycles. The summed E-state index contributed by atoms with van der Waals surface area (Å²) >= 11 is 0. The van der Waals surface area contributed by atoms with Crippen LogP contribution in [0, 0.1) is 0 Å². The van der Waals surface area contributed by atoms with E-state index in [1.807, 2.05) is 23.0 Å². The first-order chi connectivity index (χ1) is 10.4. The van der Waals surface area contributed by atoms with Gasteiger partial charge in [-0.15, -0.1) is 0 Å². The molecule has 0 saturated heterocycles. The minimum atomic E-state index is 0.526. The Balaban J connectivity index is 1.33. The molecule has 1 saturated carbocycles. The van der Waals surface area contributed by atoms with Crippen molar-refractivity contribution in [1.82, 2.24) is 14.9 Å². The van der Waals surface area contributed by atoms with Crippen LogP contribution in [-0.4, -0.2) is 28.9 Å². The molecular formula is C17H25N3O. The summed E-state index contributed by atoms with van der Waals surface area (Å²) in [5.41, 5.74) is 2.44. The lowest BCUT2D eigenvalue weighted by Crippen LogP contribution is -2.20. The third-order valence-corrected chi connectivity index (χ3v) is 4.23. The molecule has 0 spiro atoms. The second-order valence-corrected chi connectivity index (χ2v) is 5.86. The lowest BCUT2D eigenvalue weighted by atomic mass is 9.98. The molecule has 1 fully saturated rings. The standard InChI is InChI=1S/C17H25N3O/c1-2-7-16(8-3-1)21-12-6-10-18-13-15-14-19-20-11-5-4-9-17(15)20/h4-5,9,11,14,16,18H,1-3,6-8,10,12-13H2. The average Bonchev–Trinajstić information content (AvgIpc) is 2.95. The average molecular weight is 287 g/mol. The quantitative estimate of drug-likeness (QED) is 0.795. The van der Waals surface area contributed by atoms with E-state index in [0.29, 0.717) is 6.10 Å². The van der Waals surface area contributed by atoms with E-state index in [4.69, 9.17) is 4.74 Å². The highest BCUT2D eigenvalue weighted by molar-refractivity contribution is 5.53. The maximum absolute atomic E-state index is 5.93. The van der Waals surface area contributed by atoms with Gasteiger partial charge in [0.15, 0.2) is 0 Å². The topological polar surface area (TPSA) is 38.6 Å². The molecule has 0 bridgehead atoms. The lowest BCUT2D eigenvalue weighted by Gasteiger charge is -2.21. The van der Waals surface area contributed by atoms with Crippen LogP contribution in [0.1, 0.15) is 44.1 Å². The third kappa shape index (κ3) is 4.05. The molecule has 1 aliphatic rings. The van der Waals surface area contributed by atoms with E-state index in [1.54, 1.807) is 0 Å². The number of hydrogen-bond donors (Lipinski definition) is 1. The molecule has 0 radical (unpaired) electrons. The first-order valence-electron chi connectivity index (χ1n) is 8.17. The summed E-state index contributed by atoms with van der Waals surface area (Å²) in [4.78, 5) is 0. The van der Waals surface area contributed by atoms with Crippen LogP contribution in [0.5, 0.6) is 0 Å². The van der Waals surface area contributed by atoms with Crippen LogP contribution in [0.15, 0.2) is 30.6 Å². The summed E-state index contributed by atoms with van der Waals surface area (Å²) in [5.74, 6) is 0. The summed E-state index contributed by atoms with van der Waals surface area (Å²) in [5, 5.41) is 7.83. The minimum Gasteiger partial charge on any atom is -0.378 e. The van der Waals surface area contributed by atoms with Crippen LogP contribution >= 0.6 is 0 Å². The Morgan fingerprint density at radius 1 is 1.24 bits per heavy atom. The molecule has 21 heavy (non-hydrogen) atoms. The summed E-state index contributed by atoms with van der Waals surface area (Å²) in [6, 6.07) is 6.16. The molecule has 0 amide bonds. The first-order valence-corrected chi connectivity index (χ1v) is 8.17. The Hall–Kier alpha value is -1.39. The lowest BCUT2D eigenvalue weighted by molar-refractivity contribution is 0.0273. The summed E-state index contributed by atoms with van der Waals surface area (Å²) in [6.07, 6.45) is 12.1. The molecule has 3 rings (SSSR count). The zero-order valence-corrected chi connectivity index (χ0v) is 12.6. The summed E-state index contributed by atoms with van der Waals surface area (Å²) in [7, 11) is 0. The van der Waals surface area contributed by atoms with Gasteiger partial charge in [0.2, 0.25) is 0 Å². The van der Waals surface area contributed by atoms with Crippen LogP contribution in [0.3, 0.4) is 0 Å². The van der Waals surface area contributed by atoms with E-state index in [-0.39, 0.29) is 0 Å². The molecule has 2 aromatic rings. The van der Waals surface area contributed by atoms with E-state index in [9.17, 15) is 0 Å². The minimum absolute atomic E-state index is 0.526. The predicted octanol–water partition coefficient (Wildman–Crippen LogP) is 3.16. The van der Waals surface area contributed by atoms with Crippen LogP contribution in [0.25, 0.3) is 5.52 Å². The maximum atomic E-state index is 5.93. The molecule has 2 heterocycles. The summed E-state index contributed by atoms with van der Waals surface area (Å²) < 4.78 is 7.85. The number of rotatable bonds is 7. The van der Waals surface area contributed by atoms with E-state index in [1.165, 1.54) is 43.2 Å². The monoisotopic (exact) mass is 287 g/mol. The number of fused-ring (bicyclic) bond motifs is 1. The fourth-order valence-electron chi connectivity index (χ4n) is 3.03. The number of ether oxygens (including phenoxy) is 1. The van der Waals surface area contributed by atoms with Gasteiger partial charge in [-0.05, 0) is 37.9 Å². The Morgan fingerprint density at radius 3 is 3.05 bits per heavy atom. The van der Waals surface area contributed by atoms with Crippen molar-refractivity contribution in [3.63, 3.8) is 0 Å². The SMILES string of the molecule is c1ccn2ncc(CNCCCOC3CCCCC3)c2c1. The van der Waals surface area contributed by atoms with Gasteiger partial charge in [-0.1, -0.05) is 25.3 Å². The normalized spacial score (nSPS) is 16.6. The molecule has 114 valence electrons. The molecule has 0 atom stereocenters. The van der Waals surface area contributed by atoms with Crippen LogP contribution in [0.4, 0.5) is 0 Å². The maximum Gasteiger partial charge on any atom is 0.0706 e. The second kappa shape index (κ2) is 7.57. The Kier molecular flexibility index (Phi) is 5.24. The van der Waals surface area contributed by atoms with Crippen LogP contribution in [-0.2, 0) is 11.3 Å². The predicted molar refractivity (Wildman–Crippen MR) is 84.3 cm³/mol. The van der Waals surface area contributed by atoms with Crippen molar-refractivity contribution in [2.75, 3.05) is 13.2 Å². The Labute approximate surface area is 126 Å². The van der Waals surface area contributed by atoms with E-state index < -0.39 is 0 Å². The highest BCUT2D eigenvalue weighted by atomic mass is 16.5. The van der Waals surface area contributed by atoms with Gasteiger partial charge < -0.3 is 10.1 Å². The van der Waals surface area contributed by atoms with Gasteiger partial charge in [-0.25, -0.2) is 4.52 Å². The number of nitrogens with one attached hydrogen (secondary N) is 1.